The van der Waals surface area contributed by atoms with Crippen LogP contribution in [0.15, 0.2) is 18.2 Å². The molecule has 0 amide bonds. The highest BCUT2D eigenvalue weighted by Gasteiger charge is 2.24. The molecule has 0 radical (unpaired) electrons. The number of benzene rings is 1. The zero-order valence-corrected chi connectivity index (χ0v) is 9.98. The number of ether oxygens (including phenoxy) is 1. The van der Waals surface area contributed by atoms with Gasteiger partial charge in [-0.1, -0.05) is 0 Å². The zero-order chi connectivity index (χ0) is 11.7. The smallest absolute Gasteiger partial charge is 0.122 e. The summed E-state index contributed by atoms with van der Waals surface area (Å²) in [4.78, 5) is 0. The number of phenolic OH excluding ortho intramolecular Hbond substituents is 1. The van der Waals surface area contributed by atoms with Gasteiger partial charge in [0.2, 0.25) is 0 Å². The third-order valence-corrected chi connectivity index (χ3v) is 3.81. The Kier molecular flexibility index (Phi) is 2.93. The first-order chi connectivity index (χ1) is 8.31. The first kappa shape index (κ1) is 10.9. The van der Waals surface area contributed by atoms with Crippen molar-refractivity contribution in [2.45, 2.75) is 31.7 Å². The number of fused-ring (bicyclic) bond motifs is 1. The van der Waals surface area contributed by atoms with Crippen LogP contribution in [0.5, 0.6) is 11.5 Å². The molecule has 92 valence electrons. The zero-order valence-electron chi connectivity index (χ0n) is 9.98. The summed E-state index contributed by atoms with van der Waals surface area (Å²) < 4.78 is 5.76. The van der Waals surface area contributed by atoms with E-state index in [1.165, 1.54) is 19.3 Å². The monoisotopic (exact) mass is 233 g/mol. The van der Waals surface area contributed by atoms with E-state index >= 15 is 0 Å². The van der Waals surface area contributed by atoms with Crippen molar-refractivity contribution in [1.29, 1.82) is 0 Å². The number of nitrogens with one attached hydrogen (secondary N) is 1. The van der Waals surface area contributed by atoms with Gasteiger partial charge in [0.1, 0.15) is 11.5 Å². The fraction of sp³-hybridized carbons (Fsp3) is 0.571. The van der Waals surface area contributed by atoms with Gasteiger partial charge in [-0.2, -0.15) is 0 Å². The van der Waals surface area contributed by atoms with Gasteiger partial charge in [-0.05, 0) is 61.9 Å². The van der Waals surface area contributed by atoms with Crippen molar-refractivity contribution in [3.05, 3.63) is 23.8 Å². The lowest BCUT2D eigenvalue weighted by molar-refractivity contribution is 0.203. The fourth-order valence-electron chi connectivity index (χ4n) is 2.96. The van der Waals surface area contributed by atoms with Gasteiger partial charge in [0, 0.05) is 6.04 Å². The summed E-state index contributed by atoms with van der Waals surface area (Å²) in [6.45, 7) is 1.98. The minimum atomic E-state index is 0.340. The molecule has 1 saturated heterocycles. The molecule has 0 spiro atoms. The lowest BCUT2D eigenvalue weighted by atomic mass is 9.90. The van der Waals surface area contributed by atoms with Crippen LogP contribution in [0.2, 0.25) is 0 Å². The molecule has 0 bridgehead atoms. The molecule has 17 heavy (non-hydrogen) atoms. The third-order valence-electron chi connectivity index (χ3n) is 3.81. The molecule has 1 fully saturated rings. The van der Waals surface area contributed by atoms with Gasteiger partial charge in [-0.3, -0.25) is 0 Å². The Labute approximate surface area is 102 Å². The van der Waals surface area contributed by atoms with Gasteiger partial charge in [-0.15, -0.1) is 0 Å². The van der Waals surface area contributed by atoms with Crippen molar-refractivity contribution >= 4 is 0 Å². The van der Waals surface area contributed by atoms with E-state index in [0.717, 1.165) is 30.9 Å². The molecule has 3 nitrogen and oxygen atoms in total. The predicted molar refractivity (Wildman–Crippen MR) is 66.4 cm³/mol. The highest BCUT2D eigenvalue weighted by Crippen LogP contribution is 2.32. The topological polar surface area (TPSA) is 41.5 Å². The number of aromatic hydroxyl groups is 1. The Bertz CT molecular complexity index is 399. The highest BCUT2D eigenvalue weighted by atomic mass is 16.5. The average Bonchev–Trinajstić information content (AvgIpc) is 2.81. The molecule has 3 rings (SSSR count). The van der Waals surface area contributed by atoms with E-state index in [-0.39, 0.29) is 0 Å². The Morgan fingerprint density at radius 1 is 1.41 bits per heavy atom. The highest BCUT2D eigenvalue weighted by molar-refractivity contribution is 5.41. The molecule has 2 heterocycles. The maximum Gasteiger partial charge on any atom is 0.122 e. The SMILES string of the molecule is Oc1ccc2c(c1)CC(CC1CCCN1)CO2. The van der Waals surface area contributed by atoms with Gasteiger partial charge in [-0.25, -0.2) is 0 Å². The van der Waals surface area contributed by atoms with Crippen LogP contribution in [0.25, 0.3) is 0 Å². The normalized spacial score (nSPS) is 27.5. The first-order valence-corrected chi connectivity index (χ1v) is 6.49. The van der Waals surface area contributed by atoms with E-state index < -0.39 is 0 Å². The van der Waals surface area contributed by atoms with Gasteiger partial charge >= 0.3 is 0 Å². The van der Waals surface area contributed by atoms with E-state index in [9.17, 15) is 5.11 Å². The predicted octanol–water partition coefficient (Wildman–Crippen LogP) is 2.09. The van der Waals surface area contributed by atoms with Crippen LogP contribution in [0.1, 0.15) is 24.8 Å². The number of rotatable bonds is 2. The van der Waals surface area contributed by atoms with Crippen molar-refractivity contribution in [1.82, 2.24) is 5.32 Å². The lowest BCUT2D eigenvalue weighted by Crippen LogP contribution is -2.30. The van der Waals surface area contributed by atoms with Crippen LogP contribution >= 0.6 is 0 Å². The van der Waals surface area contributed by atoms with Crippen molar-refractivity contribution < 1.29 is 9.84 Å². The van der Waals surface area contributed by atoms with E-state index in [4.69, 9.17) is 4.74 Å². The Morgan fingerprint density at radius 2 is 2.35 bits per heavy atom. The van der Waals surface area contributed by atoms with Crippen LogP contribution in [-0.4, -0.2) is 24.3 Å². The van der Waals surface area contributed by atoms with Crippen molar-refractivity contribution in [3.8, 4) is 11.5 Å². The van der Waals surface area contributed by atoms with Crippen LogP contribution in [0.4, 0.5) is 0 Å². The summed E-state index contributed by atoms with van der Waals surface area (Å²) in [5, 5.41) is 13.0. The molecule has 1 aromatic carbocycles. The number of hydrogen-bond acceptors (Lipinski definition) is 3. The maximum atomic E-state index is 9.49. The number of phenols is 1. The van der Waals surface area contributed by atoms with Gasteiger partial charge in [0.25, 0.3) is 0 Å². The Balaban J connectivity index is 1.67. The van der Waals surface area contributed by atoms with E-state index in [2.05, 4.69) is 5.32 Å². The number of hydrogen-bond donors (Lipinski definition) is 2. The second-order valence-electron chi connectivity index (χ2n) is 5.20. The second kappa shape index (κ2) is 4.57. The molecular weight excluding hydrogens is 214 g/mol. The third kappa shape index (κ3) is 2.39. The van der Waals surface area contributed by atoms with Gasteiger partial charge < -0.3 is 15.2 Å². The summed E-state index contributed by atoms with van der Waals surface area (Å²) >= 11 is 0. The molecule has 3 heteroatoms. The van der Waals surface area contributed by atoms with Crippen LogP contribution in [0.3, 0.4) is 0 Å². The molecule has 1 aromatic rings. The molecule has 2 unspecified atom stereocenters. The standard InChI is InChI=1S/C14H19NO2/c16-13-3-4-14-11(8-13)6-10(9-17-14)7-12-2-1-5-15-12/h3-4,8,10,12,15-16H,1-2,5-7,9H2. The van der Waals surface area contributed by atoms with Gasteiger partial charge in [0.15, 0.2) is 0 Å². The molecular formula is C14H19NO2. The van der Waals surface area contributed by atoms with E-state index in [0.29, 0.717) is 17.7 Å². The van der Waals surface area contributed by atoms with Crippen LogP contribution in [-0.2, 0) is 6.42 Å². The van der Waals surface area contributed by atoms with Crippen molar-refractivity contribution in [2.24, 2.45) is 5.92 Å². The Hall–Kier alpha value is -1.22. The first-order valence-electron chi connectivity index (χ1n) is 6.49. The van der Waals surface area contributed by atoms with E-state index in [1.54, 1.807) is 6.07 Å². The Morgan fingerprint density at radius 3 is 3.18 bits per heavy atom. The molecule has 2 atom stereocenters. The summed E-state index contributed by atoms with van der Waals surface area (Å²) in [5.41, 5.74) is 1.15. The summed E-state index contributed by atoms with van der Waals surface area (Å²) in [6, 6.07) is 6.07. The molecule has 0 aliphatic carbocycles. The molecule has 2 aliphatic rings. The molecule has 2 N–H and O–H groups in total. The van der Waals surface area contributed by atoms with E-state index in [1.807, 2.05) is 12.1 Å². The fourth-order valence-corrected chi connectivity index (χ4v) is 2.96. The summed E-state index contributed by atoms with van der Waals surface area (Å²) in [7, 11) is 0. The molecule has 2 aliphatic heterocycles. The molecule has 0 saturated carbocycles. The minimum absolute atomic E-state index is 0.340. The summed E-state index contributed by atoms with van der Waals surface area (Å²) in [5.74, 6) is 1.87. The maximum absolute atomic E-state index is 9.49. The van der Waals surface area contributed by atoms with Crippen molar-refractivity contribution in [3.63, 3.8) is 0 Å². The van der Waals surface area contributed by atoms with Gasteiger partial charge in [0.05, 0.1) is 6.61 Å². The lowest BCUT2D eigenvalue weighted by Gasteiger charge is -2.27. The quantitative estimate of drug-likeness (QED) is 0.822. The van der Waals surface area contributed by atoms with Crippen molar-refractivity contribution in [2.75, 3.05) is 13.2 Å². The summed E-state index contributed by atoms with van der Waals surface area (Å²) in [6.07, 6.45) is 4.82. The van der Waals surface area contributed by atoms with Crippen LogP contribution in [0, 0.1) is 5.92 Å². The molecule has 0 aromatic heterocycles. The largest absolute Gasteiger partial charge is 0.508 e. The second-order valence-corrected chi connectivity index (χ2v) is 5.20. The van der Waals surface area contributed by atoms with Crippen LogP contribution < -0.4 is 10.1 Å². The minimum Gasteiger partial charge on any atom is -0.508 e. The average molecular weight is 233 g/mol.